The quantitative estimate of drug-likeness (QED) is 0.540. The molecule has 3 aliphatic rings. The number of rotatable bonds is 8. The molecular formula is C29H40N4O4. The van der Waals surface area contributed by atoms with E-state index in [4.69, 9.17) is 14.2 Å². The molecule has 2 aromatic rings. The average molecular weight is 509 g/mol. The highest BCUT2D eigenvalue weighted by molar-refractivity contribution is 5.96. The fraction of sp³-hybridized carbons (Fsp3) is 0.552. The first-order chi connectivity index (χ1) is 18.2. The summed E-state index contributed by atoms with van der Waals surface area (Å²) in [6.45, 7) is 10.2. The number of methoxy groups -OCH3 is 1. The molecule has 37 heavy (non-hydrogen) atoms. The maximum Gasteiger partial charge on any atom is 0.282 e. The first-order valence-corrected chi connectivity index (χ1v) is 13.7. The minimum absolute atomic E-state index is 0.00241. The van der Waals surface area contributed by atoms with E-state index in [1.54, 1.807) is 7.11 Å². The molecule has 8 nitrogen and oxygen atoms in total. The van der Waals surface area contributed by atoms with Crippen molar-refractivity contribution in [1.29, 1.82) is 0 Å². The average Bonchev–Trinajstić information content (AvgIpc) is 2.97. The Kier molecular flexibility index (Phi) is 8.48. The van der Waals surface area contributed by atoms with Crippen molar-refractivity contribution in [2.45, 2.75) is 38.7 Å². The second-order valence-corrected chi connectivity index (χ2v) is 10.0. The van der Waals surface area contributed by atoms with Gasteiger partial charge in [-0.05, 0) is 73.8 Å². The van der Waals surface area contributed by atoms with Crippen LogP contribution in [0.3, 0.4) is 0 Å². The van der Waals surface area contributed by atoms with Gasteiger partial charge in [0.2, 0.25) is 0 Å². The van der Waals surface area contributed by atoms with Gasteiger partial charge in [-0.15, -0.1) is 0 Å². The van der Waals surface area contributed by atoms with Crippen LogP contribution in [0.1, 0.15) is 31.7 Å². The molecule has 1 atom stereocenters. The third kappa shape index (κ3) is 6.03. The number of anilines is 2. The monoisotopic (exact) mass is 508 g/mol. The molecule has 0 N–H and O–H groups in total. The van der Waals surface area contributed by atoms with E-state index >= 15 is 0 Å². The second-order valence-electron chi connectivity index (χ2n) is 10.0. The summed E-state index contributed by atoms with van der Waals surface area (Å²) in [6.07, 6.45) is 3.34. The number of hydrogen-bond acceptors (Lipinski definition) is 7. The van der Waals surface area contributed by atoms with Gasteiger partial charge in [0.25, 0.3) is 5.91 Å². The Bertz CT molecular complexity index is 1030. The maximum atomic E-state index is 14.1. The van der Waals surface area contributed by atoms with Crippen molar-refractivity contribution in [2.24, 2.45) is 0 Å². The topological polar surface area (TPSA) is 57.7 Å². The largest absolute Gasteiger partial charge is 0.497 e. The van der Waals surface area contributed by atoms with Crippen LogP contribution in [0.4, 0.5) is 11.4 Å². The van der Waals surface area contributed by atoms with Gasteiger partial charge in [0, 0.05) is 45.0 Å². The lowest BCUT2D eigenvalue weighted by atomic mass is 10.0. The smallest absolute Gasteiger partial charge is 0.282 e. The van der Waals surface area contributed by atoms with Gasteiger partial charge in [-0.3, -0.25) is 4.79 Å². The van der Waals surface area contributed by atoms with Gasteiger partial charge < -0.3 is 24.0 Å². The van der Waals surface area contributed by atoms with E-state index in [0.29, 0.717) is 6.42 Å². The first kappa shape index (κ1) is 25.8. The molecule has 0 aromatic heterocycles. The Balaban J connectivity index is 1.35. The molecule has 8 heteroatoms. The number of benzene rings is 2. The number of unbranched alkanes of at least 4 members (excludes halogenated alkanes) is 1. The number of piperazine rings is 1. The van der Waals surface area contributed by atoms with Crippen LogP contribution in [-0.2, 0) is 16.0 Å². The zero-order chi connectivity index (χ0) is 25.6. The van der Waals surface area contributed by atoms with Gasteiger partial charge in [0.1, 0.15) is 11.5 Å². The normalized spacial score (nSPS) is 20.7. The van der Waals surface area contributed by atoms with Crippen molar-refractivity contribution < 1.29 is 19.0 Å². The molecule has 0 bridgehead atoms. The predicted octanol–water partition coefficient (Wildman–Crippen LogP) is 3.59. The molecule has 0 aliphatic carbocycles. The van der Waals surface area contributed by atoms with Crippen LogP contribution < -0.4 is 19.4 Å². The fourth-order valence-electron chi connectivity index (χ4n) is 5.40. The Morgan fingerprint density at radius 1 is 1.03 bits per heavy atom. The summed E-state index contributed by atoms with van der Waals surface area (Å²) in [5.41, 5.74) is 3.16. The number of carbonyl (C=O) groups excluding carboxylic acids is 1. The van der Waals surface area contributed by atoms with E-state index in [-0.39, 0.29) is 5.91 Å². The summed E-state index contributed by atoms with van der Waals surface area (Å²) in [5, 5.41) is 4.10. The predicted molar refractivity (Wildman–Crippen MR) is 146 cm³/mol. The Hall–Kier alpha value is -2.81. The van der Waals surface area contributed by atoms with Crippen LogP contribution in [0.2, 0.25) is 0 Å². The van der Waals surface area contributed by atoms with Crippen molar-refractivity contribution in [2.75, 3.05) is 76.0 Å². The number of ether oxygens (including phenoxy) is 3. The standard InChI is InChI=1S/C29H40N4O4/c1-3-4-13-30-14-16-32(17-15-30)33(25-8-6-24(7-9-25)31-18-20-36-21-19-31)29(34)28-11-5-23-22-26(35-2)10-12-27(23)37-28/h6-10,12,22,28H,3-5,11,13-21H2,1-2H3. The van der Waals surface area contributed by atoms with Gasteiger partial charge in [-0.1, -0.05) is 13.3 Å². The highest BCUT2D eigenvalue weighted by Crippen LogP contribution is 2.33. The Morgan fingerprint density at radius 2 is 1.78 bits per heavy atom. The molecule has 2 saturated heterocycles. The number of amides is 1. The molecular weight excluding hydrogens is 468 g/mol. The number of morpholine rings is 1. The lowest BCUT2D eigenvalue weighted by molar-refractivity contribution is -0.129. The van der Waals surface area contributed by atoms with Gasteiger partial charge in [0.15, 0.2) is 6.10 Å². The Labute approximate surface area is 220 Å². The lowest BCUT2D eigenvalue weighted by Gasteiger charge is -2.42. The van der Waals surface area contributed by atoms with Crippen LogP contribution in [0, 0.1) is 0 Å². The van der Waals surface area contributed by atoms with Crippen LogP contribution in [-0.4, -0.2) is 88.1 Å². The summed E-state index contributed by atoms with van der Waals surface area (Å²) in [4.78, 5) is 18.9. The summed E-state index contributed by atoms with van der Waals surface area (Å²) in [6, 6.07) is 14.2. The Morgan fingerprint density at radius 3 is 2.49 bits per heavy atom. The van der Waals surface area contributed by atoms with Crippen LogP contribution in [0.5, 0.6) is 11.5 Å². The highest BCUT2D eigenvalue weighted by Gasteiger charge is 2.35. The molecule has 3 heterocycles. The second kappa shape index (κ2) is 12.2. The molecule has 0 radical (unpaired) electrons. The molecule has 2 fully saturated rings. The van der Waals surface area contributed by atoms with E-state index in [9.17, 15) is 4.79 Å². The van der Waals surface area contributed by atoms with Crippen molar-refractivity contribution in [3.05, 3.63) is 48.0 Å². The van der Waals surface area contributed by atoms with Crippen molar-refractivity contribution in [3.8, 4) is 11.5 Å². The number of nitrogens with zero attached hydrogens (tertiary/aromatic N) is 4. The molecule has 0 spiro atoms. The third-order valence-electron chi connectivity index (χ3n) is 7.63. The van der Waals surface area contributed by atoms with Gasteiger partial charge in [-0.2, -0.15) is 0 Å². The zero-order valence-corrected chi connectivity index (χ0v) is 22.2. The lowest BCUT2D eigenvalue weighted by Crippen LogP contribution is -2.58. The van der Waals surface area contributed by atoms with Gasteiger partial charge in [-0.25, -0.2) is 10.0 Å². The minimum atomic E-state index is -0.516. The van der Waals surface area contributed by atoms with Crippen LogP contribution >= 0.6 is 0 Å². The van der Waals surface area contributed by atoms with Crippen LogP contribution in [0.25, 0.3) is 0 Å². The number of carbonyl (C=O) groups is 1. The number of aryl methyl sites for hydroxylation is 1. The number of fused-ring (bicyclic) bond motifs is 1. The molecule has 0 saturated carbocycles. The molecule has 5 rings (SSSR count). The molecule has 3 aliphatic heterocycles. The van der Waals surface area contributed by atoms with E-state index in [1.165, 1.54) is 18.5 Å². The molecule has 1 unspecified atom stereocenters. The zero-order valence-electron chi connectivity index (χ0n) is 22.2. The van der Waals surface area contributed by atoms with Gasteiger partial charge >= 0.3 is 0 Å². The number of hydrogen-bond donors (Lipinski definition) is 0. The van der Waals surface area contributed by atoms with E-state index in [1.807, 2.05) is 23.2 Å². The van der Waals surface area contributed by atoms with Crippen molar-refractivity contribution in [3.63, 3.8) is 0 Å². The van der Waals surface area contributed by atoms with E-state index < -0.39 is 6.10 Å². The molecule has 2 aromatic carbocycles. The summed E-state index contributed by atoms with van der Waals surface area (Å²) in [7, 11) is 1.67. The van der Waals surface area contributed by atoms with Crippen LogP contribution in [0.15, 0.2) is 42.5 Å². The van der Waals surface area contributed by atoms with Crippen molar-refractivity contribution >= 4 is 17.3 Å². The van der Waals surface area contributed by atoms with Crippen molar-refractivity contribution in [1.82, 2.24) is 9.91 Å². The summed E-state index contributed by atoms with van der Waals surface area (Å²) < 4.78 is 17.1. The summed E-state index contributed by atoms with van der Waals surface area (Å²) in [5.74, 6) is 1.59. The number of hydrazine groups is 1. The van der Waals surface area contributed by atoms with E-state index in [2.05, 4.69) is 46.0 Å². The third-order valence-corrected chi connectivity index (χ3v) is 7.63. The molecule has 200 valence electrons. The van der Waals surface area contributed by atoms with E-state index in [0.717, 1.165) is 88.2 Å². The van der Waals surface area contributed by atoms with Gasteiger partial charge in [0.05, 0.1) is 26.0 Å². The summed E-state index contributed by atoms with van der Waals surface area (Å²) >= 11 is 0. The molecule has 1 amide bonds. The highest BCUT2D eigenvalue weighted by atomic mass is 16.5. The maximum absolute atomic E-state index is 14.1. The fourth-order valence-corrected chi connectivity index (χ4v) is 5.40. The first-order valence-electron chi connectivity index (χ1n) is 13.7. The SMILES string of the molecule is CCCCN1CCN(N(C(=O)C2CCc3cc(OC)ccc3O2)c2ccc(N3CCOCC3)cc2)CC1. The minimum Gasteiger partial charge on any atom is -0.497 e.